The first-order valence-corrected chi connectivity index (χ1v) is 3.00. The molecule has 0 radical (unpaired) electrons. The second-order valence-corrected chi connectivity index (χ2v) is 1.96. The van der Waals surface area contributed by atoms with Crippen molar-refractivity contribution in [3.8, 4) is 5.75 Å². The van der Waals surface area contributed by atoms with Crippen molar-refractivity contribution in [1.29, 1.82) is 0 Å². The van der Waals surface area contributed by atoms with E-state index in [1.54, 1.807) is 0 Å². The molecule has 7 heteroatoms. The Labute approximate surface area is 66.6 Å². The highest BCUT2D eigenvalue weighted by atomic mass is 19.1. The Balaban J connectivity index is 2.90. The minimum absolute atomic E-state index is 0.165. The van der Waals surface area contributed by atoms with Crippen molar-refractivity contribution in [2.24, 2.45) is 0 Å². The van der Waals surface area contributed by atoms with E-state index in [0.717, 1.165) is 12.3 Å². The molecular weight excluding hydrogens is 168 g/mol. The Morgan fingerprint density at radius 2 is 2.25 bits per heavy atom. The number of hydrogen-bond acceptors (Lipinski definition) is 4. The quantitative estimate of drug-likeness (QED) is 0.493. The summed E-state index contributed by atoms with van der Waals surface area (Å²) in [6.07, 6.45) is 1.02. The van der Waals surface area contributed by atoms with Gasteiger partial charge in [0.15, 0.2) is 5.82 Å². The topological polar surface area (TPSA) is 82.6 Å². The summed E-state index contributed by atoms with van der Waals surface area (Å²) in [5.74, 6) is -1.21. The largest absolute Gasteiger partial charge is 0.707 e. The zero-order valence-corrected chi connectivity index (χ0v) is 5.82. The molecule has 1 heterocycles. The molecule has 64 valence electrons. The number of aromatic nitrogens is 1. The number of nitrogens with one attached hydrogen (secondary N) is 1. The summed E-state index contributed by atoms with van der Waals surface area (Å²) in [6.45, 7) is 0. The van der Waals surface area contributed by atoms with Crippen LogP contribution in [0.3, 0.4) is 0 Å². The summed E-state index contributed by atoms with van der Waals surface area (Å²) >= 11 is 0. The Kier molecular flexibility index (Phi) is 2.46. The van der Waals surface area contributed by atoms with Crippen LogP contribution in [-0.4, -0.2) is 22.4 Å². The molecule has 0 aliphatic rings. The van der Waals surface area contributed by atoms with Gasteiger partial charge in [0, 0.05) is 12.3 Å². The lowest BCUT2D eigenvalue weighted by atomic mass is 10.2. The Morgan fingerprint density at radius 1 is 1.58 bits per heavy atom. The Bertz CT molecular complexity index is 325. The van der Waals surface area contributed by atoms with Crippen molar-refractivity contribution in [2.75, 3.05) is 0 Å². The first-order chi connectivity index (χ1) is 5.59. The van der Waals surface area contributed by atoms with Crippen LogP contribution in [0.5, 0.6) is 5.75 Å². The van der Waals surface area contributed by atoms with Crippen LogP contribution in [0.15, 0.2) is 17.1 Å². The maximum absolute atomic E-state index is 12.4. The maximum Gasteiger partial charge on any atom is 0.707 e. The molecule has 0 fully saturated rings. The lowest BCUT2D eigenvalue weighted by Gasteiger charge is -2.02. The van der Waals surface area contributed by atoms with Gasteiger partial charge in [0.25, 0.3) is 5.56 Å². The van der Waals surface area contributed by atoms with Crippen LogP contribution < -0.4 is 10.2 Å². The van der Waals surface area contributed by atoms with E-state index in [-0.39, 0.29) is 5.75 Å². The Morgan fingerprint density at radius 3 is 2.75 bits per heavy atom. The number of rotatable bonds is 2. The van der Waals surface area contributed by atoms with Gasteiger partial charge in [-0.3, -0.25) is 4.79 Å². The summed E-state index contributed by atoms with van der Waals surface area (Å²) in [7, 11) is -2.03. The van der Waals surface area contributed by atoms with Crippen LogP contribution in [0.25, 0.3) is 0 Å². The van der Waals surface area contributed by atoms with Crippen LogP contribution in [-0.2, 0) is 0 Å². The fourth-order valence-corrected chi connectivity index (χ4v) is 0.627. The van der Waals surface area contributed by atoms with Gasteiger partial charge in [-0.05, 0) is 0 Å². The average molecular weight is 173 g/mol. The molecule has 0 aliphatic heterocycles. The smallest absolute Gasteiger partial charge is 0.511 e. The lowest BCUT2D eigenvalue weighted by Crippen LogP contribution is -2.21. The van der Waals surface area contributed by atoms with Gasteiger partial charge >= 0.3 is 7.32 Å². The molecule has 0 bridgehead atoms. The molecule has 0 aliphatic carbocycles. The van der Waals surface area contributed by atoms with E-state index in [0.29, 0.717) is 0 Å². The molecule has 3 N–H and O–H groups in total. The Hall–Kier alpha value is -1.34. The van der Waals surface area contributed by atoms with Crippen molar-refractivity contribution in [1.82, 2.24) is 4.98 Å². The van der Waals surface area contributed by atoms with Crippen LogP contribution >= 0.6 is 0 Å². The first kappa shape index (κ1) is 8.76. The number of pyridine rings is 1. The molecule has 1 aromatic rings. The molecule has 0 unspecified atom stereocenters. The van der Waals surface area contributed by atoms with Gasteiger partial charge in [-0.2, -0.15) is 0 Å². The average Bonchev–Trinajstić information content (AvgIpc) is 1.96. The van der Waals surface area contributed by atoms with Crippen molar-refractivity contribution in [3.05, 3.63) is 28.4 Å². The van der Waals surface area contributed by atoms with Gasteiger partial charge in [-0.1, -0.05) is 0 Å². The zero-order valence-electron chi connectivity index (χ0n) is 5.82. The van der Waals surface area contributed by atoms with Gasteiger partial charge < -0.3 is 19.7 Å². The molecule has 0 aromatic carbocycles. The van der Waals surface area contributed by atoms with Crippen molar-refractivity contribution in [2.45, 2.75) is 0 Å². The third-order valence-electron chi connectivity index (χ3n) is 1.07. The van der Waals surface area contributed by atoms with E-state index in [1.165, 1.54) is 0 Å². The molecule has 1 aromatic heterocycles. The fraction of sp³-hybridized carbons (Fsp3) is 0. The highest BCUT2D eigenvalue weighted by Crippen LogP contribution is 2.06. The number of H-pyrrole nitrogens is 1. The summed E-state index contributed by atoms with van der Waals surface area (Å²) in [5.41, 5.74) is -0.894. The highest BCUT2D eigenvalue weighted by Gasteiger charge is 2.12. The van der Waals surface area contributed by atoms with Crippen LogP contribution in [0.1, 0.15) is 0 Å². The normalized spacial score (nSPS) is 9.58. The molecular formula is C5H5BFNO4. The van der Waals surface area contributed by atoms with E-state index in [4.69, 9.17) is 10.0 Å². The van der Waals surface area contributed by atoms with Gasteiger partial charge in [0.1, 0.15) is 5.75 Å². The molecule has 12 heavy (non-hydrogen) atoms. The molecule has 0 saturated carbocycles. The molecule has 0 atom stereocenters. The van der Waals surface area contributed by atoms with E-state index >= 15 is 0 Å². The molecule has 0 amide bonds. The van der Waals surface area contributed by atoms with E-state index < -0.39 is 18.7 Å². The molecule has 1 rings (SSSR count). The number of aromatic amines is 1. The fourth-order valence-electron chi connectivity index (χ4n) is 0.627. The monoisotopic (exact) mass is 173 g/mol. The molecule has 0 saturated heterocycles. The van der Waals surface area contributed by atoms with Gasteiger partial charge in [-0.25, -0.2) is 4.39 Å². The van der Waals surface area contributed by atoms with E-state index in [1.807, 2.05) is 4.98 Å². The van der Waals surface area contributed by atoms with Gasteiger partial charge in [0.05, 0.1) is 0 Å². The van der Waals surface area contributed by atoms with E-state index in [2.05, 4.69) is 4.65 Å². The second-order valence-electron chi connectivity index (χ2n) is 1.96. The lowest BCUT2D eigenvalue weighted by molar-refractivity contribution is 0.287. The first-order valence-electron chi connectivity index (χ1n) is 3.00. The van der Waals surface area contributed by atoms with Gasteiger partial charge in [-0.15, -0.1) is 0 Å². The van der Waals surface area contributed by atoms with Crippen molar-refractivity contribution < 1.29 is 19.1 Å². The standard InChI is InChI=1S/C5H5BFNO4/c7-4-1-3(12-6(10)11)2-8-5(4)9/h1-2,10-11H,(H,8,9). The zero-order chi connectivity index (χ0) is 9.14. The van der Waals surface area contributed by atoms with Gasteiger partial charge in [0.2, 0.25) is 0 Å². The minimum atomic E-state index is -2.03. The highest BCUT2D eigenvalue weighted by molar-refractivity contribution is 6.33. The SMILES string of the molecule is O=c1[nH]cc(OB(O)O)cc1F. The van der Waals surface area contributed by atoms with Crippen LogP contribution in [0.2, 0.25) is 0 Å². The maximum atomic E-state index is 12.4. The summed E-state index contributed by atoms with van der Waals surface area (Å²) in [4.78, 5) is 12.4. The summed E-state index contributed by atoms with van der Waals surface area (Å²) in [5, 5.41) is 16.6. The van der Waals surface area contributed by atoms with Crippen LogP contribution in [0, 0.1) is 5.82 Å². The minimum Gasteiger partial charge on any atom is -0.511 e. The molecule has 0 spiro atoms. The van der Waals surface area contributed by atoms with Crippen molar-refractivity contribution >= 4 is 7.32 Å². The third kappa shape index (κ3) is 2.07. The summed E-state index contributed by atoms with van der Waals surface area (Å²) < 4.78 is 16.7. The third-order valence-corrected chi connectivity index (χ3v) is 1.07. The van der Waals surface area contributed by atoms with Crippen molar-refractivity contribution in [3.63, 3.8) is 0 Å². The van der Waals surface area contributed by atoms with E-state index in [9.17, 15) is 9.18 Å². The predicted octanol–water partition coefficient (Wildman–Crippen LogP) is -1.14. The number of halogens is 1. The van der Waals surface area contributed by atoms with Crippen LogP contribution in [0.4, 0.5) is 4.39 Å². The number of hydrogen-bond donors (Lipinski definition) is 3. The predicted molar refractivity (Wildman–Crippen MR) is 37.8 cm³/mol. The summed E-state index contributed by atoms with van der Waals surface area (Å²) in [6, 6.07) is 0.748. The molecule has 5 nitrogen and oxygen atoms in total. The second kappa shape index (κ2) is 3.37.